The van der Waals surface area contributed by atoms with Crippen molar-refractivity contribution in [1.82, 2.24) is 5.06 Å². The lowest BCUT2D eigenvalue weighted by molar-refractivity contribution is -0.170. The van der Waals surface area contributed by atoms with Crippen LogP contribution in [0.15, 0.2) is 0 Å². The largest absolute Gasteiger partial charge is 0.278 e. The highest BCUT2D eigenvalue weighted by Gasteiger charge is 2.37. The van der Waals surface area contributed by atoms with Crippen LogP contribution in [0.1, 0.15) is 45.4 Å². The zero-order chi connectivity index (χ0) is 12.0. The van der Waals surface area contributed by atoms with Gasteiger partial charge in [-0.05, 0) is 12.2 Å². The normalized spacial score (nSPS) is 20.9. The molecule has 92 valence electrons. The number of amides is 2. The lowest BCUT2D eigenvalue weighted by atomic mass is 10.2. The molecule has 0 aromatic heterocycles. The third-order valence-corrected chi connectivity index (χ3v) is 3.94. The number of thioether (sulfide) groups is 1. The Morgan fingerprint density at radius 3 is 2.56 bits per heavy atom. The average molecular weight is 245 g/mol. The molecule has 1 saturated heterocycles. The van der Waals surface area contributed by atoms with Crippen LogP contribution < -0.4 is 0 Å². The summed E-state index contributed by atoms with van der Waals surface area (Å²) in [4.78, 5) is 22.3. The average Bonchev–Trinajstić information content (AvgIpc) is 2.51. The van der Waals surface area contributed by atoms with E-state index in [-0.39, 0.29) is 16.7 Å². The van der Waals surface area contributed by atoms with E-state index < -0.39 is 11.8 Å². The first-order valence-electron chi connectivity index (χ1n) is 5.84. The Balaban J connectivity index is 2.10. The molecular weight excluding hydrogens is 226 g/mol. The number of nitrogens with zero attached hydrogens (tertiary/aromatic N) is 1. The first kappa shape index (κ1) is 13.5. The number of hydrogen-bond donors (Lipinski definition) is 1. The summed E-state index contributed by atoms with van der Waals surface area (Å²) in [6.07, 6.45) is 6.13. The van der Waals surface area contributed by atoms with Crippen molar-refractivity contribution in [3.05, 3.63) is 0 Å². The third-order valence-electron chi connectivity index (χ3n) is 2.65. The molecule has 4 nitrogen and oxygen atoms in total. The first-order chi connectivity index (χ1) is 7.66. The molecule has 0 saturated carbocycles. The maximum atomic E-state index is 11.3. The minimum atomic E-state index is -0.478. The molecule has 1 unspecified atom stereocenters. The van der Waals surface area contributed by atoms with E-state index in [2.05, 4.69) is 6.92 Å². The van der Waals surface area contributed by atoms with Crippen LogP contribution in [0.3, 0.4) is 0 Å². The summed E-state index contributed by atoms with van der Waals surface area (Å²) in [5.41, 5.74) is 0. The van der Waals surface area contributed by atoms with Crippen molar-refractivity contribution in [2.75, 3.05) is 5.75 Å². The van der Waals surface area contributed by atoms with Gasteiger partial charge in [0.25, 0.3) is 11.8 Å². The van der Waals surface area contributed by atoms with Gasteiger partial charge in [0.15, 0.2) is 0 Å². The predicted octanol–water partition coefficient (Wildman–Crippen LogP) is 2.21. The molecule has 0 bridgehead atoms. The van der Waals surface area contributed by atoms with E-state index in [1.165, 1.54) is 37.4 Å². The van der Waals surface area contributed by atoms with Crippen LogP contribution in [-0.2, 0) is 9.59 Å². The lowest BCUT2D eigenvalue weighted by Crippen LogP contribution is -2.27. The van der Waals surface area contributed by atoms with Crippen molar-refractivity contribution in [2.24, 2.45) is 0 Å². The molecular formula is C11H19NO3S. The van der Waals surface area contributed by atoms with Crippen molar-refractivity contribution in [1.29, 1.82) is 0 Å². The Labute approximate surface area is 100 Å². The van der Waals surface area contributed by atoms with E-state index in [0.717, 1.165) is 12.2 Å². The van der Waals surface area contributed by atoms with Gasteiger partial charge >= 0.3 is 0 Å². The van der Waals surface area contributed by atoms with E-state index in [0.29, 0.717) is 0 Å². The Hall–Kier alpha value is -0.550. The minimum absolute atomic E-state index is 0.148. The number of unbranched alkanes of at least 4 members (excludes halogenated alkanes) is 4. The number of hydrogen-bond acceptors (Lipinski definition) is 4. The fraction of sp³-hybridized carbons (Fsp3) is 0.818. The molecule has 0 radical (unpaired) electrons. The van der Waals surface area contributed by atoms with Gasteiger partial charge in [0.05, 0.1) is 11.7 Å². The summed E-state index contributed by atoms with van der Waals surface area (Å²) >= 11 is 1.49. The standard InChI is InChI=1S/C11H19NO3S/c1-2-3-4-5-6-7-16-9-8-10(13)12(15)11(9)14/h9,15H,2-8H2,1H3. The summed E-state index contributed by atoms with van der Waals surface area (Å²) in [6.45, 7) is 2.17. The molecule has 0 spiro atoms. The molecule has 1 heterocycles. The molecule has 16 heavy (non-hydrogen) atoms. The van der Waals surface area contributed by atoms with Crippen LogP contribution in [0.5, 0.6) is 0 Å². The lowest BCUT2D eigenvalue weighted by Gasteiger charge is -2.06. The first-order valence-corrected chi connectivity index (χ1v) is 6.89. The molecule has 1 fully saturated rings. The highest BCUT2D eigenvalue weighted by Crippen LogP contribution is 2.24. The van der Waals surface area contributed by atoms with Crippen LogP contribution in [-0.4, -0.2) is 33.1 Å². The zero-order valence-electron chi connectivity index (χ0n) is 9.65. The van der Waals surface area contributed by atoms with Crippen LogP contribution in [0, 0.1) is 0 Å². The molecule has 2 amide bonds. The monoisotopic (exact) mass is 245 g/mol. The van der Waals surface area contributed by atoms with Crippen LogP contribution in [0.2, 0.25) is 0 Å². The highest BCUT2D eigenvalue weighted by atomic mass is 32.2. The van der Waals surface area contributed by atoms with Crippen molar-refractivity contribution in [3.8, 4) is 0 Å². The Morgan fingerprint density at radius 2 is 2.00 bits per heavy atom. The van der Waals surface area contributed by atoms with Gasteiger partial charge in [-0.2, -0.15) is 5.06 Å². The van der Waals surface area contributed by atoms with Gasteiger partial charge in [-0.3, -0.25) is 14.8 Å². The number of hydroxylamine groups is 2. The van der Waals surface area contributed by atoms with E-state index in [1.54, 1.807) is 0 Å². The maximum Gasteiger partial charge on any atom is 0.266 e. The molecule has 1 N–H and O–H groups in total. The summed E-state index contributed by atoms with van der Waals surface area (Å²) in [5.74, 6) is -0.0432. The Kier molecular flexibility index (Phi) is 5.84. The summed E-state index contributed by atoms with van der Waals surface area (Å²) in [7, 11) is 0. The smallest absolute Gasteiger partial charge is 0.266 e. The molecule has 1 aliphatic rings. The number of carbonyl (C=O) groups excluding carboxylic acids is 2. The number of rotatable bonds is 7. The summed E-state index contributed by atoms with van der Waals surface area (Å²) in [5, 5.41) is 8.93. The van der Waals surface area contributed by atoms with Crippen molar-refractivity contribution >= 4 is 23.6 Å². The van der Waals surface area contributed by atoms with Gasteiger partial charge in [-0.15, -0.1) is 11.8 Å². The number of imide groups is 1. The van der Waals surface area contributed by atoms with Gasteiger partial charge in [-0.1, -0.05) is 32.6 Å². The van der Waals surface area contributed by atoms with Gasteiger partial charge in [-0.25, -0.2) is 0 Å². The van der Waals surface area contributed by atoms with E-state index in [4.69, 9.17) is 5.21 Å². The van der Waals surface area contributed by atoms with Crippen molar-refractivity contribution in [2.45, 2.75) is 50.7 Å². The second kappa shape index (κ2) is 6.91. The van der Waals surface area contributed by atoms with Crippen molar-refractivity contribution in [3.63, 3.8) is 0 Å². The highest BCUT2D eigenvalue weighted by molar-refractivity contribution is 8.00. The second-order valence-electron chi connectivity index (χ2n) is 4.02. The van der Waals surface area contributed by atoms with Gasteiger partial charge in [0.1, 0.15) is 0 Å². The fourth-order valence-corrected chi connectivity index (χ4v) is 2.81. The van der Waals surface area contributed by atoms with Gasteiger partial charge in [0, 0.05) is 0 Å². The molecule has 0 aliphatic carbocycles. The van der Waals surface area contributed by atoms with Gasteiger partial charge < -0.3 is 0 Å². The Morgan fingerprint density at radius 1 is 1.31 bits per heavy atom. The van der Waals surface area contributed by atoms with Crippen molar-refractivity contribution < 1.29 is 14.8 Å². The predicted molar refractivity (Wildman–Crippen MR) is 63.3 cm³/mol. The summed E-state index contributed by atoms with van der Waals surface area (Å²) < 4.78 is 0. The molecule has 1 atom stereocenters. The molecule has 0 aromatic rings. The Bertz CT molecular complexity index is 258. The zero-order valence-corrected chi connectivity index (χ0v) is 10.5. The SMILES string of the molecule is CCCCCCCSC1CC(=O)N(O)C1=O. The van der Waals surface area contributed by atoms with Crippen LogP contribution in [0.4, 0.5) is 0 Å². The summed E-state index contributed by atoms with van der Waals surface area (Å²) in [6, 6.07) is 0. The minimum Gasteiger partial charge on any atom is -0.278 e. The van der Waals surface area contributed by atoms with Gasteiger partial charge in [0.2, 0.25) is 0 Å². The van der Waals surface area contributed by atoms with E-state index in [1.807, 2.05) is 0 Å². The molecule has 5 heteroatoms. The quantitative estimate of drug-likeness (QED) is 0.424. The van der Waals surface area contributed by atoms with E-state index >= 15 is 0 Å². The molecule has 1 aliphatic heterocycles. The maximum absolute atomic E-state index is 11.3. The fourth-order valence-electron chi connectivity index (χ4n) is 1.65. The molecule has 1 rings (SSSR count). The second-order valence-corrected chi connectivity index (χ2v) is 5.33. The number of carbonyl (C=O) groups is 2. The molecule has 0 aromatic carbocycles. The van der Waals surface area contributed by atoms with Crippen LogP contribution in [0.25, 0.3) is 0 Å². The van der Waals surface area contributed by atoms with E-state index in [9.17, 15) is 9.59 Å². The topological polar surface area (TPSA) is 57.6 Å². The third kappa shape index (κ3) is 3.79. The van der Waals surface area contributed by atoms with Crippen LogP contribution >= 0.6 is 11.8 Å².